The van der Waals surface area contributed by atoms with Crippen molar-refractivity contribution >= 4 is 51.1 Å². The first-order chi connectivity index (χ1) is 24.2. The molecular formula is C34H35F2N5O9S. The third kappa shape index (κ3) is 8.85. The summed E-state index contributed by atoms with van der Waals surface area (Å²) in [7, 11) is -2.84. The first-order valence-corrected chi connectivity index (χ1v) is 17.4. The Balaban J connectivity index is 1.21. The van der Waals surface area contributed by atoms with Crippen LogP contribution in [0.3, 0.4) is 0 Å². The van der Waals surface area contributed by atoms with E-state index in [0.717, 1.165) is 29.9 Å². The molecule has 270 valence electrons. The Labute approximate surface area is 291 Å². The van der Waals surface area contributed by atoms with Crippen molar-refractivity contribution in [2.24, 2.45) is 5.92 Å². The molecule has 1 atom stereocenters. The number of hydrogen-bond donors (Lipinski definition) is 4. The summed E-state index contributed by atoms with van der Waals surface area (Å²) in [6, 6.07) is 9.66. The lowest BCUT2D eigenvalue weighted by Gasteiger charge is -2.31. The number of amides is 5. The molecule has 2 fully saturated rings. The fraction of sp³-hybridized carbons (Fsp3) is 0.324. The van der Waals surface area contributed by atoms with Crippen molar-refractivity contribution in [2.45, 2.75) is 36.6 Å². The highest BCUT2D eigenvalue weighted by molar-refractivity contribution is 7.92. The van der Waals surface area contributed by atoms with Crippen molar-refractivity contribution in [3.8, 4) is 0 Å². The van der Waals surface area contributed by atoms with Crippen LogP contribution in [0.1, 0.15) is 45.5 Å². The number of carbonyl (C=O) groups excluding carboxylic acids is 4. The van der Waals surface area contributed by atoms with Gasteiger partial charge >= 0.3 is 12.0 Å². The average molecular weight is 728 g/mol. The molecule has 0 unspecified atom stereocenters. The van der Waals surface area contributed by atoms with Crippen LogP contribution in [0.4, 0.5) is 25.0 Å². The zero-order chi connectivity index (χ0) is 36.9. The monoisotopic (exact) mass is 727 g/mol. The number of halogens is 2. The Morgan fingerprint density at radius 1 is 0.961 bits per heavy atom. The molecular weight excluding hydrogens is 692 g/mol. The Morgan fingerprint density at radius 2 is 1.59 bits per heavy atom. The zero-order valence-electron chi connectivity index (χ0n) is 27.4. The van der Waals surface area contributed by atoms with Gasteiger partial charge in [-0.05, 0) is 72.9 Å². The quantitative estimate of drug-likeness (QED) is 0.217. The van der Waals surface area contributed by atoms with Gasteiger partial charge in [-0.3, -0.25) is 19.1 Å². The summed E-state index contributed by atoms with van der Waals surface area (Å²) in [5.41, 5.74) is -0.847. The third-order valence-corrected chi connectivity index (χ3v) is 9.90. The molecule has 51 heavy (non-hydrogen) atoms. The highest BCUT2D eigenvalue weighted by atomic mass is 32.2. The summed E-state index contributed by atoms with van der Waals surface area (Å²) in [6.07, 6.45) is 1.45. The first kappa shape index (κ1) is 36.9. The lowest BCUT2D eigenvalue weighted by Crippen LogP contribution is -2.50. The van der Waals surface area contributed by atoms with Crippen LogP contribution in [0.15, 0.2) is 65.6 Å². The van der Waals surface area contributed by atoms with Gasteiger partial charge in [0.2, 0.25) is 5.91 Å². The lowest BCUT2D eigenvalue weighted by atomic mass is 10.0. The molecule has 0 aliphatic carbocycles. The molecule has 0 bridgehead atoms. The van der Waals surface area contributed by atoms with E-state index >= 15 is 8.78 Å². The number of sulfonamides is 1. The number of hydrogen-bond acceptors (Lipinski definition) is 8. The highest BCUT2D eigenvalue weighted by Crippen LogP contribution is 2.24. The highest BCUT2D eigenvalue weighted by Gasteiger charge is 2.31. The van der Waals surface area contributed by atoms with Gasteiger partial charge in [0.05, 0.1) is 16.3 Å². The molecule has 0 aromatic heterocycles. The van der Waals surface area contributed by atoms with Gasteiger partial charge in [0.15, 0.2) is 0 Å². The van der Waals surface area contributed by atoms with E-state index in [1.165, 1.54) is 41.3 Å². The van der Waals surface area contributed by atoms with Crippen molar-refractivity contribution in [2.75, 3.05) is 43.0 Å². The number of carbonyl (C=O) groups is 5. The molecule has 2 aliphatic heterocycles. The van der Waals surface area contributed by atoms with Gasteiger partial charge in [-0.1, -0.05) is 12.1 Å². The number of carboxylic acids is 1. The molecule has 5 amide bonds. The van der Waals surface area contributed by atoms with Crippen LogP contribution in [-0.4, -0.2) is 87.5 Å². The second kappa shape index (κ2) is 15.6. The van der Waals surface area contributed by atoms with E-state index in [4.69, 9.17) is 4.74 Å². The Hall–Kier alpha value is -5.42. The maximum Gasteiger partial charge on any atom is 0.331 e. The number of nitrogens with one attached hydrogen (secondary N) is 3. The minimum atomic E-state index is -4.39. The van der Waals surface area contributed by atoms with Gasteiger partial charge in [-0.2, -0.15) is 0 Å². The van der Waals surface area contributed by atoms with Gasteiger partial charge in [0.25, 0.3) is 21.8 Å². The second-order valence-corrected chi connectivity index (χ2v) is 13.8. The SMILES string of the molecule is CN1CCC(=O)N(c2ccc(C[C@H](NC(=O)c3c(F)cc(NS(=O)(=O)c4ccc(C(=O)NCC5CCOCC5)cc4)cc3F)C(=O)O)cc2)C1=O. The van der Waals surface area contributed by atoms with Crippen molar-refractivity contribution in [1.82, 2.24) is 15.5 Å². The van der Waals surface area contributed by atoms with Crippen molar-refractivity contribution in [1.29, 1.82) is 0 Å². The normalized spacial score (nSPS) is 16.1. The molecule has 2 heterocycles. The number of urea groups is 1. The van der Waals surface area contributed by atoms with Crippen molar-refractivity contribution in [3.63, 3.8) is 0 Å². The summed E-state index contributed by atoms with van der Waals surface area (Å²) in [4.78, 5) is 64.2. The van der Waals surface area contributed by atoms with Gasteiger partial charge in [-0.25, -0.2) is 31.7 Å². The molecule has 5 rings (SSSR count). The zero-order valence-corrected chi connectivity index (χ0v) is 28.2. The summed E-state index contributed by atoms with van der Waals surface area (Å²) in [5.74, 6) is -6.35. The van der Waals surface area contributed by atoms with E-state index in [9.17, 15) is 37.5 Å². The lowest BCUT2D eigenvalue weighted by molar-refractivity contribution is -0.139. The molecule has 2 saturated heterocycles. The molecule has 0 radical (unpaired) electrons. The standard InChI is InChI=1S/C34H35F2N5O9S/c1-40-13-10-29(42)41(34(40)47)24-6-2-20(3-7-24)16-28(33(45)46)38-32(44)30-26(35)17-23(18-27(30)36)39-51(48,49)25-8-4-22(5-9-25)31(43)37-19-21-11-14-50-15-12-21/h2-9,17-18,21,28,39H,10-16,19H2,1H3,(H,37,43)(H,38,44)(H,45,46)/t28-/m0/s1. The molecule has 14 nitrogen and oxygen atoms in total. The van der Waals surface area contributed by atoms with E-state index in [-0.39, 0.29) is 41.5 Å². The van der Waals surface area contributed by atoms with Crippen LogP contribution in [-0.2, 0) is 30.8 Å². The largest absolute Gasteiger partial charge is 0.480 e. The molecule has 3 aromatic rings. The number of aliphatic carboxylic acids is 1. The van der Waals surface area contributed by atoms with Gasteiger partial charge in [0.1, 0.15) is 23.2 Å². The van der Waals surface area contributed by atoms with Gasteiger partial charge in [0, 0.05) is 51.8 Å². The average Bonchev–Trinajstić information content (AvgIpc) is 3.09. The van der Waals surface area contributed by atoms with E-state index in [1.54, 1.807) is 7.05 Å². The maximum absolute atomic E-state index is 15.1. The third-order valence-electron chi connectivity index (χ3n) is 8.51. The van der Waals surface area contributed by atoms with Crippen molar-refractivity contribution < 1.29 is 51.0 Å². The van der Waals surface area contributed by atoms with E-state index in [2.05, 4.69) is 10.6 Å². The Kier molecular flexibility index (Phi) is 11.3. The molecule has 17 heteroatoms. The van der Waals surface area contributed by atoms with Crippen LogP contribution in [0, 0.1) is 17.6 Å². The fourth-order valence-corrected chi connectivity index (χ4v) is 6.63. The van der Waals surface area contributed by atoms with Crippen LogP contribution < -0.4 is 20.3 Å². The number of anilines is 2. The van der Waals surface area contributed by atoms with Gasteiger partial charge < -0.3 is 25.4 Å². The van der Waals surface area contributed by atoms with Crippen LogP contribution in [0.25, 0.3) is 0 Å². The first-order valence-electron chi connectivity index (χ1n) is 15.9. The summed E-state index contributed by atoms with van der Waals surface area (Å²) in [6.45, 7) is 1.98. The Morgan fingerprint density at radius 3 is 2.20 bits per heavy atom. The van der Waals surface area contributed by atoms with Crippen molar-refractivity contribution in [3.05, 3.63) is 89.0 Å². The number of imide groups is 1. The van der Waals surface area contributed by atoms with Crippen LogP contribution >= 0.6 is 0 Å². The van der Waals surface area contributed by atoms with E-state index < -0.39 is 68.7 Å². The summed E-state index contributed by atoms with van der Waals surface area (Å²) < 4.78 is 63.4. The van der Waals surface area contributed by atoms with E-state index in [1.807, 2.05) is 4.72 Å². The number of carboxylic acid groups (broad SMARTS) is 1. The summed E-state index contributed by atoms with van der Waals surface area (Å²) in [5, 5.41) is 14.6. The molecule has 0 saturated carbocycles. The van der Waals surface area contributed by atoms with Crippen LogP contribution in [0.5, 0.6) is 0 Å². The predicted octanol–water partition coefficient (Wildman–Crippen LogP) is 3.14. The van der Waals surface area contributed by atoms with Crippen LogP contribution in [0.2, 0.25) is 0 Å². The summed E-state index contributed by atoms with van der Waals surface area (Å²) >= 11 is 0. The molecule has 0 spiro atoms. The molecule has 2 aliphatic rings. The second-order valence-electron chi connectivity index (χ2n) is 12.1. The predicted molar refractivity (Wildman–Crippen MR) is 179 cm³/mol. The topological polar surface area (TPSA) is 192 Å². The van der Waals surface area contributed by atoms with E-state index in [0.29, 0.717) is 37.5 Å². The minimum absolute atomic E-state index is 0.129. The molecule has 4 N–H and O–H groups in total. The maximum atomic E-state index is 15.1. The number of ether oxygens (including phenoxy) is 1. The molecule has 3 aromatic carbocycles. The number of rotatable bonds is 12. The minimum Gasteiger partial charge on any atom is -0.480 e. The number of benzene rings is 3. The smallest absolute Gasteiger partial charge is 0.331 e. The number of nitrogens with zero attached hydrogens (tertiary/aromatic N) is 2. The Bertz CT molecular complexity index is 1910. The van der Waals surface area contributed by atoms with Gasteiger partial charge in [-0.15, -0.1) is 0 Å². The fourth-order valence-electron chi connectivity index (χ4n) is 5.59.